The van der Waals surface area contributed by atoms with Crippen molar-refractivity contribution >= 4 is 28.9 Å². The van der Waals surface area contributed by atoms with Crippen molar-refractivity contribution in [3.05, 3.63) is 65.6 Å². The van der Waals surface area contributed by atoms with Gasteiger partial charge in [-0.25, -0.2) is 4.98 Å². The Bertz CT molecular complexity index is 1040. The highest BCUT2D eigenvalue weighted by Crippen LogP contribution is 2.24. The van der Waals surface area contributed by atoms with Crippen molar-refractivity contribution < 1.29 is 0 Å². The Labute approximate surface area is 155 Å². The number of fused-ring (bicyclic) bond motifs is 1. The topological polar surface area (TPSA) is 68.0 Å². The lowest BCUT2D eigenvalue weighted by Crippen LogP contribution is -2.05. The number of aromatic nitrogens is 5. The lowest BCUT2D eigenvalue weighted by molar-refractivity contribution is 0.809. The van der Waals surface area contributed by atoms with Crippen LogP contribution in [0.3, 0.4) is 0 Å². The SMILES string of the molecule is CC(C)c1cc(Nc2ccc(Cl)cc2)n2nc(-c3cccnc3)nc2n1. The molecule has 0 bridgehead atoms. The Hall–Kier alpha value is -2.99. The van der Waals surface area contributed by atoms with Crippen LogP contribution >= 0.6 is 11.6 Å². The highest BCUT2D eigenvalue weighted by atomic mass is 35.5. The van der Waals surface area contributed by atoms with Crippen molar-refractivity contribution in [3.8, 4) is 11.4 Å². The molecule has 0 amide bonds. The van der Waals surface area contributed by atoms with Gasteiger partial charge in [0.2, 0.25) is 0 Å². The highest BCUT2D eigenvalue weighted by Gasteiger charge is 2.14. The molecule has 0 aliphatic carbocycles. The minimum Gasteiger partial charge on any atom is -0.340 e. The number of hydrogen-bond acceptors (Lipinski definition) is 5. The van der Waals surface area contributed by atoms with E-state index < -0.39 is 0 Å². The molecule has 4 aromatic rings. The molecule has 1 N–H and O–H groups in total. The van der Waals surface area contributed by atoms with Crippen LogP contribution in [0.4, 0.5) is 11.5 Å². The average Bonchev–Trinajstić information content (AvgIpc) is 3.09. The summed E-state index contributed by atoms with van der Waals surface area (Å²) in [6.07, 6.45) is 3.46. The Morgan fingerprint density at radius 2 is 1.88 bits per heavy atom. The molecular formula is C19H17ClN6. The number of benzene rings is 1. The predicted molar refractivity (Wildman–Crippen MR) is 103 cm³/mol. The summed E-state index contributed by atoms with van der Waals surface area (Å²) in [6, 6.07) is 13.3. The van der Waals surface area contributed by atoms with Crippen molar-refractivity contribution in [3.63, 3.8) is 0 Å². The van der Waals surface area contributed by atoms with Crippen LogP contribution in [0.25, 0.3) is 17.2 Å². The minimum absolute atomic E-state index is 0.268. The normalized spacial score (nSPS) is 11.2. The largest absolute Gasteiger partial charge is 0.340 e. The zero-order valence-electron chi connectivity index (χ0n) is 14.4. The number of rotatable bonds is 4. The Kier molecular flexibility index (Phi) is 4.26. The summed E-state index contributed by atoms with van der Waals surface area (Å²) in [4.78, 5) is 13.4. The van der Waals surface area contributed by atoms with E-state index in [0.29, 0.717) is 16.6 Å². The molecule has 0 spiro atoms. The number of halogens is 1. The van der Waals surface area contributed by atoms with Crippen LogP contribution in [0.5, 0.6) is 0 Å². The molecule has 0 radical (unpaired) electrons. The molecule has 3 aromatic heterocycles. The number of nitrogens with one attached hydrogen (secondary N) is 1. The molecule has 0 saturated heterocycles. The Morgan fingerprint density at radius 3 is 2.58 bits per heavy atom. The zero-order valence-corrected chi connectivity index (χ0v) is 15.1. The van der Waals surface area contributed by atoms with Gasteiger partial charge in [0.25, 0.3) is 5.78 Å². The maximum atomic E-state index is 5.98. The standard InChI is InChI=1S/C19H17ClN6/c1-12(2)16-10-17(22-15-7-5-14(20)6-8-15)26-19(23-16)24-18(25-26)13-4-3-9-21-11-13/h3-12,22H,1-2H3. The molecule has 0 fully saturated rings. The lowest BCUT2D eigenvalue weighted by atomic mass is 10.1. The second kappa shape index (κ2) is 6.72. The van der Waals surface area contributed by atoms with Gasteiger partial charge in [0.1, 0.15) is 5.82 Å². The summed E-state index contributed by atoms with van der Waals surface area (Å²) in [5.41, 5.74) is 2.70. The molecule has 1 aromatic carbocycles. The maximum Gasteiger partial charge on any atom is 0.254 e. The van der Waals surface area contributed by atoms with Gasteiger partial charge in [0, 0.05) is 34.7 Å². The first-order valence-corrected chi connectivity index (χ1v) is 8.68. The molecule has 0 unspecified atom stereocenters. The van der Waals surface area contributed by atoms with Crippen LogP contribution in [0.1, 0.15) is 25.5 Å². The van der Waals surface area contributed by atoms with Crippen LogP contribution in [-0.2, 0) is 0 Å². The van der Waals surface area contributed by atoms with E-state index in [9.17, 15) is 0 Å². The Morgan fingerprint density at radius 1 is 1.08 bits per heavy atom. The molecule has 3 heterocycles. The molecule has 0 saturated carbocycles. The van der Waals surface area contributed by atoms with E-state index in [0.717, 1.165) is 22.8 Å². The third-order valence-corrected chi connectivity index (χ3v) is 4.21. The van der Waals surface area contributed by atoms with Gasteiger partial charge in [-0.2, -0.15) is 9.50 Å². The summed E-state index contributed by atoms with van der Waals surface area (Å²) in [5, 5.41) is 8.68. The molecule has 0 aliphatic rings. The van der Waals surface area contributed by atoms with E-state index in [1.165, 1.54) is 0 Å². The van der Waals surface area contributed by atoms with Gasteiger partial charge in [0.05, 0.1) is 5.69 Å². The molecule has 6 nitrogen and oxygen atoms in total. The van der Waals surface area contributed by atoms with E-state index in [4.69, 9.17) is 11.6 Å². The van der Waals surface area contributed by atoms with E-state index in [2.05, 4.69) is 39.2 Å². The fourth-order valence-corrected chi connectivity index (χ4v) is 2.70. The molecule has 130 valence electrons. The first-order valence-electron chi connectivity index (χ1n) is 8.31. The van der Waals surface area contributed by atoms with Gasteiger partial charge >= 0.3 is 0 Å². The summed E-state index contributed by atoms with van der Waals surface area (Å²) in [5.74, 6) is 2.20. The predicted octanol–water partition coefficient (Wildman–Crippen LogP) is 4.71. The summed E-state index contributed by atoms with van der Waals surface area (Å²) in [6.45, 7) is 4.20. The fraction of sp³-hybridized carbons (Fsp3) is 0.158. The van der Waals surface area contributed by atoms with E-state index in [1.54, 1.807) is 16.9 Å². The van der Waals surface area contributed by atoms with E-state index >= 15 is 0 Å². The third-order valence-electron chi connectivity index (χ3n) is 3.96. The van der Waals surface area contributed by atoms with Crippen molar-refractivity contribution in [2.24, 2.45) is 0 Å². The van der Waals surface area contributed by atoms with Gasteiger partial charge in [-0.15, -0.1) is 5.10 Å². The quantitative estimate of drug-likeness (QED) is 0.568. The van der Waals surface area contributed by atoms with Crippen molar-refractivity contribution in [1.29, 1.82) is 0 Å². The smallest absolute Gasteiger partial charge is 0.254 e. The maximum absolute atomic E-state index is 5.98. The van der Waals surface area contributed by atoms with Crippen LogP contribution in [0.15, 0.2) is 54.9 Å². The molecule has 0 atom stereocenters. The number of pyridine rings is 1. The van der Waals surface area contributed by atoms with Crippen molar-refractivity contribution in [2.75, 3.05) is 5.32 Å². The molecule has 0 aliphatic heterocycles. The monoisotopic (exact) mass is 364 g/mol. The minimum atomic E-state index is 0.268. The van der Waals surface area contributed by atoms with Crippen LogP contribution in [-0.4, -0.2) is 24.6 Å². The van der Waals surface area contributed by atoms with Crippen LogP contribution in [0.2, 0.25) is 5.02 Å². The lowest BCUT2D eigenvalue weighted by Gasteiger charge is -2.11. The molecular weight excluding hydrogens is 348 g/mol. The van der Waals surface area contributed by atoms with Crippen molar-refractivity contribution in [2.45, 2.75) is 19.8 Å². The average molecular weight is 365 g/mol. The van der Waals surface area contributed by atoms with Crippen LogP contribution in [0, 0.1) is 0 Å². The molecule has 4 rings (SSSR count). The van der Waals surface area contributed by atoms with Gasteiger partial charge in [-0.1, -0.05) is 25.4 Å². The third kappa shape index (κ3) is 3.23. The van der Waals surface area contributed by atoms with Crippen LogP contribution < -0.4 is 5.32 Å². The van der Waals surface area contributed by atoms with Crippen molar-refractivity contribution in [1.82, 2.24) is 24.6 Å². The fourth-order valence-electron chi connectivity index (χ4n) is 2.57. The highest BCUT2D eigenvalue weighted by molar-refractivity contribution is 6.30. The van der Waals surface area contributed by atoms with Gasteiger partial charge in [-0.3, -0.25) is 4.98 Å². The first kappa shape index (κ1) is 16.5. The molecule has 7 heteroatoms. The van der Waals surface area contributed by atoms with E-state index in [-0.39, 0.29) is 5.92 Å². The first-order chi connectivity index (χ1) is 12.6. The number of nitrogens with zero attached hydrogens (tertiary/aromatic N) is 5. The summed E-state index contributed by atoms with van der Waals surface area (Å²) < 4.78 is 1.71. The summed E-state index contributed by atoms with van der Waals surface area (Å²) in [7, 11) is 0. The van der Waals surface area contributed by atoms with Gasteiger partial charge in [0.15, 0.2) is 5.82 Å². The second-order valence-corrected chi connectivity index (χ2v) is 6.68. The molecule has 26 heavy (non-hydrogen) atoms. The number of hydrogen-bond donors (Lipinski definition) is 1. The number of anilines is 2. The van der Waals surface area contributed by atoms with E-state index in [1.807, 2.05) is 42.5 Å². The zero-order chi connectivity index (χ0) is 18.1. The van der Waals surface area contributed by atoms with Gasteiger partial charge < -0.3 is 5.32 Å². The van der Waals surface area contributed by atoms with Gasteiger partial charge in [-0.05, 0) is 42.3 Å². The summed E-state index contributed by atoms with van der Waals surface area (Å²) >= 11 is 5.98. The Balaban J connectivity index is 1.83. The second-order valence-electron chi connectivity index (χ2n) is 6.24.